The van der Waals surface area contributed by atoms with Crippen molar-refractivity contribution in [1.29, 1.82) is 0 Å². The van der Waals surface area contributed by atoms with Crippen LogP contribution in [0.5, 0.6) is 0 Å². The van der Waals surface area contributed by atoms with Crippen LogP contribution >= 0.6 is 15.9 Å². The van der Waals surface area contributed by atoms with Crippen molar-refractivity contribution in [2.24, 2.45) is 0 Å². The zero-order valence-corrected chi connectivity index (χ0v) is 17.6. The highest BCUT2D eigenvalue weighted by Crippen LogP contribution is 2.21. The van der Waals surface area contributed by atoms with Crippen molar-refractivity contribution in [3.8, 4) is 11.4 Å². The molecule has 1 amide bonds. The van der Waals surface area contributed by atoms with Crippen LogP contribution in [0, 0.1) is 0 Å². The van der Waals surface area contributed by atoms with Gasteiger partial charge in [-0.15, -0.1) is 0 Å². The molecule has 0 fully saturated rings. The number of pyridine rings is 1. The van der Waals surface area contributed by atoms with Crippen molar-refractivity contribution in [1.82, 2.24) is 25.1 Å². The van der Waals surface area contributed by atoms with Crippen molar-refractivity contribution in [3.63, 3.8) is 0 Å². The van der Waals surface area contributed by atoms with Crippen molar-refractivity contribution in [3.05, 3.63) is 64.7 Å². The molecule has 8 heteroatoms. The number of hydrogen-bond acceptors (Lipinski definition) is 5. The van der Waals surface area contributed by atoms with E-state index in [1.54, 1.807) is 12.4 Å². The first-order valence-electron chi connectivity index (χ1n) is 8.85. The molecule has 2 heterocycles. The topological polar surface area (TPSA) is 81.9 Å². The van der Waals surface area contributed by atoms with Gasteiger partial charge >= 0.3 is 6.09 Å². The average Bonchev–Trinajstić information content (AvgIpc) is 3.03. The van der Waals surface area contributed by atoms with Crippen LogP contribution in [-0.2, 0) is 17.8 Å². The first-order chi connectivity index (χ1) is 13.3. The highest BCUT2D eigenvalue weighted by atomic mass is 79.9. The maximum atomic E-state index is 11.9. The van der Waals surface area contributed by atoms with E-state index in [0.717, 1.165) is 21.4 Å². The van der Waals surface area contributed by atoms with Crippen LogP contribution < -0.4 is 5.32 Å². The van der Waals surface area contributed by atoms with Gasteiger partial charge in [0.05, 0.1) is 13.1 Å². The zero-order valence-electron chi connectivity index (χ0n) is 16.0. The molecule has 0 unspecified atom stereocenters. The molecule has 0 aliphatic heterocycles. The van der Waals surface area contributed by atoms with E-state index in [4.69, 9.17) is 4.74 Å². The third kappa shape index (κ3) is 5.63. The van der Waals surface area contributed by atoms with Crippen LogP contribution in [0.1, 0.15) is 32.2 Å². The van der Waals surface area contributed by atoms with E-state index in [-0.39, 0.29) is 6.54 Å². The van der Waals surface area contributed by atoms with E-state index < -0.39 is 11.7 Å². The first kappa shape index (κ1) is 20.0. The Kier molecular flexibility index (Phi) is 6.08. The van der Waals surface area contributed by atoms with Crippen LogP contribution in [0.15, 0.2) is 53.3 Å². The molecule has 146 valence electrons. The molecule has 3 rings (SSSR count). The van der Waals surface area contributed by atoms with Gasteiger partial charge in [-0.1, -0.05) is 34.1 Å². The molecule has 0 aliphatic rings. The van der Waals surface area contributed by atoms with Crippen LogP contribution in [-0.4, -0.2) is 31.4 Å². The largest absolute Gasteiger partial charge is 0.444 e. The quantitative estimate of drug-likeness (QED) is 0.639. The lowest BCUT2D eigenvalue weighted by Gasteiger charge is -2.19. The van der Waals surface area contributed by atoms with Gasteiger partial charge in [-0.3, -0.25) is 4.98 Å². The number of carbonyl (C=O) groups is 1. The minimum atomic E-state index is -0.556. The van der Waals surface area contributed by atoms with Gasteiger partial charge in [0.2, 0.25) is 0 Å². The standard InChI is InChI=1S/C20H22BrN5O2/c1-20(2,3)28-19(27)23-12-17-24-18(15-6-8-16(21)9-7-15)26(25-17)13-14-5-4-10-22-11-14/h4-11H,12-13H2,1-3H3,(H,23,27). The number of aromatic nitrogens is 4. The first-order valence-corrected chi connectivity index (χ1v) is 9.65. The maximum absolute atomic E-state index is 11.9. The molecule has 1 aromatic carbocycles. The number of halogens is 1. The third-order valence-corrected chi connectivity index (χ3v) is 4.19. The van der Waals surface area contributed by atoms with Crippen molar-refractivity contribution >= 4 is 22.0 Å². The second kappa shape index (κ2) is 8.52. The number of benzene rings is 1. The summed E-state index contributed by atoms with van der Waals surface area (Å²) in [5, 5.41) is 7.27. The number of amides is 1. The molecule has 7 nitrogen and oxygen atoms in total. The molecule has 0 atom stereocenters. The van der Waals surface area contributed by atoms with E-state index in [2.05, 4.69) is 36.3 Å². The number of carbonyl (C=O) groups excluding carboxylic acids is 1. The summed E-state index contributed by atoms with van der Waals surface area (Å²) < 4.78 is 8.06. The Bertz CT molecular complexity index is 933. The molecule has 0 radical (unpaired) electrons. The minimum Gasteiger partial charge on any atom is -0.444 e. The molecular weight excluding hydrogens is 422 g/mol. The number of rotatable bonds is 5. The predicted octanol–water partition coefficient (Wildman–Crippen LogP) is 4.18. The molecule has 0 saturated heterocycles. The Hall–Kier alpha value is -2.74. The summed E-state index contributed by atoms with van der Waals surface area (Å²) in [6.07, 6.45) is 3.03. The SMILES string of the molecule is CC(C)(C)OC(=O)NCc1nc(-c2ccc(Br)cc2)n(Cc2cccnc2)n1. The van der Waals surface area contributed by atoms with Gasteiger partial charge in [0, 0.05) is 22.4 Å². The molecule has 2 aromatic heterocycles. The highest BCUT2D eigenvalue weighted by molar-refractivity contribution is 9.10. The normalized spacial score (nSPS) is 11.3. The fourth-order valence-corrected chi connectivity index (χ4v) is 2.78. The molecule has 3 aromatic rings. The summed E-state index contributed by atoms with van der Waals surface area (Å²) in [4.78, 5) is 20.7. The van der Waals surface area contributed by atoms with Crippen molar-refractivity contribution in [2.45, 2.75) is 39.5 Å². The van der Waals surface area contributed by atoms with Crippen LogP contribution in [0.25, 0.3) is 11.4 Å². The second-order valence-electron chi connectivity index (χ2n) is 7.23. The van der Waals surface area contributed by atoms with E-state index in [1.807, 2.05) is 61.9 Å². The predicted molar refractivity (Wildman–Crippen MR) is 110 cm³/mol. The Morgan fingerprint density at radius 3 is 2.61 bits per heavy atom. The number of alkyl carbamates (subject to hydrolysis) is 1. The summed E-state index contributed by atoms with van der Waals surface area (Å²) in [6, 6.07) is 11.7. The van der Waals surface area contributed by atoms with Gasteiger partial charge in [0.25, 0.3) is 0 Å². The van der Waals surface area contributed by atoms with Gasteiger partial charge < -0.3 is 10.1 Å². The van der Waals surface area contributed by atoms with Crippen LogP contribution in [0.3, 0.4) is 0 Å². The summed E-state index contributed by atoms with van der Waals surface area (Å²) in [5.41, 5.74) is 1.39. The lowest BCUT2D eigenvalue weighted by molar-refractivity contribution is 0.0522. The molecule has 28 heavy (non-hydrogen) atoms. The van der Waals surface area contributed by atoms with Crippen LogP contribution in [0.2, 0.25) is 0 Å². The minimum absolute atomic E-state index is 0.179. The summed E-state index contributed by atoms with van der Waals surface area (Å²) in [7, 11) is 0. The lowest BCUT2D eigenvalue weighted by atomic mass is 10.2. The van der Waals surface area contributed by atoms with E-state index in [1.165, 1.54) is 0 Å². The fourth-order valence-electron chi connectivity index (χ4n) is 2.52. The molecule has 1 N–H and O–H groups in total. The third-order valence-electron chi connectivity index (χ3n) is 3.66. The Balaban J connectivity index is 1.82. The summed E-state index contributed by atoms with van der Waals surface area (Å²) in [6.45, 7) is 6.16. The zero-order chi connectivity index (χ0) is 20.1. The van der Waals surface area contributed by atoms with Crippen molar-refractivity contribution < 1.29 is 9.53 Å². The summed E-state index contributed by atoms with van der Waals surface area (Å²) in [5.74, 6) is 1.23. The Labute approximate surface area is 172 Å². The lowest BCUT2D eigenvalue weighted by Crippen LogP contribution is -2.32. The van der Waals surface area contributed by atoms with Crippen molar-refractivity contribution in [2.75, 3.05) is 0 Å². The van der Waals surface area contributed by atoms with E-state index in [0.29, 0.717) is 12.4 Å². The molecule has 0 aliphatic carbocycles. The summed E-state index contributed by atoms with van der Waals surface area (Å²) >= 11 is 3.45. The molecule has 0 bridgehead atoms. The second-order valence-corrected chi connectivity index (χ2v) is 8.15. The van der Waals surface area contributed by atoms with Gasteiger partial charge in [-0.2, -0.15) is 5.10 Å². The molecule has 0 saturated carbocycles. The molecular formula is C20H22BrN5O2. The highest BCUT2D eigenvalue weighted by Gasteiger charge is 2.17. The van der Waals surface area contributed by atoms with Crippen LogP contribution in [0.4, 0.5) is 4.79 Å². The van der Waals surface area contributed by atoms with Gasteiger partial charge in [0.1, 0.15) is 5.60 Å². The Morgan fingerprint density at radius 1 is 1.21 bits per heavy atom. The van der Waals surface area contributed by atoms with Gasteiger partial charge in [-0.05, 0) is 44.5 Å². The fraction of sp³-hybridized carbons (Fsp3) is 0.300. The number of hydrogen-bond donors (Lipinski definition) is 1. The van der Waals surface area contributed by atoms with E-state index >= 15 is 0 Å². The average molecular weight is 444 g/mol. The number of nitrogens with zero attached hydrogens (tertiary/aromatic N) is 4. The maximum Gasteiger partial charge on any atom is 0.408 e. The number of nitrogens with one attached hydrogen (secondary N) is 1. The molecule has 0 spiro atoms. The van der Waals surface area contributed by atoms with Gasteiger partial charge in [-0.25, -0.2) is 14.5 Å². The number of ether oxygens (including phenoxy) is 1. The Morgan fingerprint density at radius 2 is 1.96 bits per heavy atom. The van der Waals surface area contributed by atoms with E-state index in [9.17, 15) is 4.79 Å². The van der Waals surface area contributed by atoms with Gasteiger partial charge in [0.15, 0.2) is 11.6 Å². The monoisotopic (exact) mass is 443 g/mol. The smallest absolute Gasteiger partial charge is 0.408 e.